The SMILES string of the molecule is CCc1cc(C)ccc1C1C(=S)C=CC=C1C=O.Cl. The molecule has 0 aromatic heterocycles. The number of aldehydes is 1. The second-order valence-corrected chi connectivity index (χ2v) is 5.01. The van der Waals surface area contributed by atoms with E-state index in [0.29, 0.717) is 0 Å². The lowest BCUT2D eigenvalue weighted by molar-refractivity contribution is -0.105. The van der Waals surface area contributed by atoms with Crippen LogP contribution in [0.25, 0.3) is 0 Å². The number of aryl methyl sites for hydroxylation is 2. The lowest BCUT2D eigenvalue weighted by Crippen LogP contribution is -2.16. The summed E-state index contributed by atoms with van der Waals surface area (Å²) in [5, 5.41) is 0. The molecule has 1 atom stereocenters. The van der Waals surface area contributed by atoms with Crippen LogP contribution in [0.5, 0.6) is 0 Å². The molecular formula is C16H17ClOS. The third-order valence-corrected chi connectivity index (χ3v) is 3.67. The Morgan fingerprint density at radius 1 is 1.37 bits per heavy atom. The third kappa shape index (κ3) is 3.20. The Kier molecular flexibility index (Phi) is 5.64. The highest BCUT2D eigenvalue weighted by Crippen LogP contribution is 2.31. The van der Waals surface area contributed by atoms with Gasteiger partial charge in [0.15, 0.2) is 0 Å². The van der Waals surface area contributed by atoms with Crippen LogP contribution in [0, 0.1) is 6.92 Å². The molecule has 0 fully saturated rings. The van der Waals surface area contributed by atoms with Gasteiger partial charge in [-0.3, -0.25) is 4.79 Å². The molecule has 1 nitrogen and oxygen atoms in total. The van der Waals surface area contributed by atoms with Crippen LogP contribution in [-0.4, -0.2) is 11.2 Å². The molecular weight excluding hydrogens is 276 g/mol. The largest absolute Gasteiger partial charge is 0.298 e. The average Bonchev–Trinajstić information content (AvgIpc) is 2.38. The fourth-order valence-electron chi connectivity index (χ4n) is 2.37. The van der Waals surface area contributed by atoms with Gasteiger partial charge >= 0.3 is 0 Å². The Morgan fingerprint density at radius 3 is 2.74 bits per heavy atom. The molecule has 0 aliphatic heterocycles. The average molecular weight is 293 g/mol. The van der Waals surface area contributed by atoms with Gasteiger partial charge in [-0.15, -0.1) is 12.4 Å². The summed E-state index contributed by atoms with van der Waals surface area (Å²) < 4.78 is 0. The van der Waals surface area contributed by atoms with Crippen LogP contribution in [0.2, 0.25) is 0 Å². The normalized spacial score (nSPS) is 17.7. The molecule has 0 saturated heterocycles. The lowest BCUT2D eigenvalue weighted by Gasteiger charge is -2.22. The maximum Gasteiger partial charge on any atom is 0.147 e. The number of allylic oxidation sites excluding steroid dienone is 4. The van der Waals surface area contributed by atoms with Crippen LogP contribution in [0.4, 0.5) is 0 Å². The first-order chi connectivity index (χ1) is 8.67. The highest BCUT2D eigenvalue weighted by Gasteiger charge is 2.23. The Balaban J connectivity index is 0.00000180. The number of thiocarbonyl (C=S) groups is 1. The van der Waals surface area contributed by atoms with Crippen molar-refractivity contribution in [3.63, 3.8) is 0 Å². The first kappa shape index (κ1) is 15.8. The maximum absolute atomic E-state index is 11.2. The van der Waals surface area contributed by atoms with E-state index in [2.05, 4.69) is 32.0 Å². The van der Waals surface area contributed by atoms with E-state index in [1.54, 1.807) is 0 Å². The minimum atomic E-state index is -0.0574. The van der Waals surface area contributed by atoms with E-state index in [-0.39, 0.29) is 18.3 Å². The van der Waals surface area contributed by atoms with Gasteiger partial charge in [-0.05, 0) is 30.5 Å². The quantitative estimate of drug-likeness (QED) is 0.615. The van der Waals surface area contributed by atoms with Crippen LogP contribution >= 0.6 is 24.6 Å². The topological polar surface area (TPSA) is 17.1 Å². The van der Waals surface area contributed by atoms with Crippen molar-refractivity contribution in [2.75, 3.05) is 0 Å². The van der Waals surface area contributed by atoms with Crippen molar-refractivity contribution in [1.82, 2.24) is 0 Å². The zero-order valence-corrected chi connectivity index (χ0v) is 12.7. The molecule has 1 aromatic rings. The van der Waals surface area contributed by atoms with Crippen molar-refractivity contribution in [2.45, 2.75) is 26.2 Å². The van der Waals surface area contributed by atoms with Gasteiger partial charge in [0.1, 0.15) is 6.29 Å². The van der Waals surface area contributed by atoms with E-state index in [1.807, 2.05) is 18.2 Å². The molecule has 0 N–H and O–H groups in total. The first-order valence-corrected chi connectivity index (χ1v) is 6.55. The molecule has 0 amide bonds. The molecule has 19 heavy (non-hydrogen) atoms. The first-order valence-electron chi connectivity index (χ1n) is 6.14. The van der Waals surface area contributed by atoms with Crippen molar-refractivity contribution in [3.8, 4) is 0 Å². The zero-order chi connectivity index (χ0) is 13.1. The number of benzene rings is 1. The van der Waals surface area contributed by atoms with Gasteiger partial charge in [0.25, 0.3) is 0 Å². The van der Waals surface area contributed by atoms with Gasteiger partial charge < -0.3 is 0 Å². The Bertz CT molecular complexity index is 558. The summed E-state index contributed by atoms with van der Waals surface area (Å²) in [6.07, 6.45) is 7.48. The van der Waals surface area contributed by atoms with Crippen molar-refractivity contribution >= 4 is 35.8 Å². The molecule has 100 valence electrons. The smallest absolute Gasteiger partial charge is 0.147 e. The zero-order valence-electron chi connectivity index (χ0n) is 11.1. The Morgan fingerprint density at radius 2 is 2.11 bits per heavy atom. The summed E-state index contributed by atoms with van der Waals surface area (Å²) in [5.74, 6) is -0.0574. The number of halogens is 1. The van der Waals surface area contributed by atoms with E-state index in [1.165, 1.54) is 11.1 Å². The van der Waals surface area contributed by atoms with E-state index >= 15 is 0 Å². The van der Waals surface area contributed by atoms with Crippen molar-refractivity contribution in [3.05, 3.63) is 58.7 Å². The summed E-state index contributed by atoms with van der Waals surface area (Å²) in [4.78, 5) is 12.0. The van der Waals surface area contributed by atoms with Crippen molar-refractivity contribution < 1.29 is 4.79 Å². The molecule has 0 saturated carbocycles. The van der Waals surface area contributed by atoms with Gasteiger partial charge in [-0.2, -0.15) is 0 Å². The Hall–Kier alpha value is -1.25. The number of hydrogen-bond acceptors (Lipinski definition) is 2. The van der Waals surface area contributed by atoms with Gasteiger partial charge in [0.2, 0.25) is 0 Å². The summed E-state index contributed by atoms with van der Waals surface area (Å²) in [7, 11) is 0. The second kappa shape index (κ2) is 6.78. The number of hydrogen-bond donors (Lipinski definition) is 0. The molecule has 0 heterocycles. The van der Waals surface area contributed by atoms with Crippen LogP contribution in [0.3, 0.4) is 0 Å². The van der Waals surface area contributed by atoms with Crippen LogP contribution in [-0.2, 0) is 11.2 Å². The minimum Gasteiger partial charge on any atom is -0.298 e. The van der Waals surface area contributed by atoms with Gasteiger partial charge in [-0.1, -0.05) is 55.1 Å². The summed E-state index contributed by atoms with van der Waals surface area (Å²) in [5.41, 5.74) is 4.42. The number of carbonyl (C=O) groups is 1. The third-order valence-electron chi connectivity index (χ3n) is 3.29. The molecule has 0 bridgehead atoms. The van der Waals surface area contributed by atoms with Gasteiger partial charge in [-0.25, -0.2) is 0 Å². The molecule has 3 heteroatoms. The highest BCUT2D eigenvalue weighted by atomic mass is 35.5. The van der Waals surface area contributed by atoms with E-state index in [0.717, 1.165) is 28.7 Å². The highest BCUT2D eigenvalue weighted by molar-refractivity contribution is 7.80. The fourth-order valence-corrected chi connectivity index (χ4v) is 2.71. The molecule has 1 aliphatic carbocycles. The van der Waals surface area contributed by atoms with Crippen LogP contribution < -0.4 is 0 Å². The van der Waals surface area contributed by atoms with E-state index in [4.69, 9.17) is 12.2 Å². The van der Waals surface area contributed by atoms with Crippen molar-refractivity contribution in [2.24, 2.45) is 0 Å². The van der Waals surface area contributed by atoms with Crippen molar-refractivity contribution in [1.29, 1.82) is 0 Å². The minimum absolute atomic E-state index is 0. The molecule has 0 radical (unpaired) electrons. The molecule has 1 aliphatic rings. The molecule has 1 unspecified atom stereocenters. The van der Waals surface area contributed by atoms with Gasteiger partial charge in [0, 0.05) is 16.4 Å². The second-order valence-electron chi connectivity index (χ2n) is 4.53. The van der Waals surface area contributed by atoms with Gasteiger partial charge in [0.05, 0.1) is 0 Å². The van der Waals surface area contributed by atoms with Crippen LogP contribution in [0.1, 0.15) is 29.5 Å². The van der Waals surface area contributed by atoms with E-state index < -0.39 is 0 Å². The summed E-state index contributed by atoms with van der Waals surface area (Å²) in [6, 6.07) is 6.36. The molecule has 1 aromatic carbocycles. The predicted octanol–water partition coefficient (Wildman–Crippen LogP) is 4.13. The summed E-state index contributed by atoms with van der Waals surface area (Å²) in [6.45, 7) is 4.21. The summed E-state index contributed by atoms with van der Waals surface area (Å²) >= 11 is 5.41. The Labute approximate surface area is 125 Å². The maximum atomic E-state index is 11.2. The number of carbonyl (C=O) groups excluding carboxylic acids is 1. The number of rotatable bonds is 3. The van der Waals surface area contributed by atoms with Crippen LogP contribution in [0.15, 0.2) is 42.0 Å². The fraction of sp³-hybridized carbons (Fsp3) is 0.250. The standard InChI is InChI=1S/C16H16OS.ClH/c1-3-12-9-11(2)7-8-14(12)16-13(10-17)5-4-6-15(16)18;/h4-10,16H,3H2,1-2H3;1H. The monoisotopic (exact) mass is 292 g/mol. The molecule has 0 spiro atoms. The lowest BCUT2D eigenvalue weighted by atomic mass is 9.82. The predicted molar refractivity (Wildman–Crippen MR) is 86.4 cm³/mol. The van der Waals surface area contributed by atoms with E-state index in [9.17, 15) is 4.79 Å². The molecule has 2 rings (SSSR count).